The smallest absolute Gasteiger partial charge is 0.258 e. The summed E-state index contributed by atoms with van der Waals surface area (Å²) in [7, 11) is 0. The molecule has 3 nitrogen and oxygen atoms in total. The zero-order chi connectivity index (χ0) is 13.0. The first-order valence-corrected chi connectivity index (χ1v) is 5.34. The summed E-state index contributed by atoms with van der Waals surface area (Å²) in [5.41, 5.74) is 1.07. The lowest BCUT2D eigenvalue weighted by atomic mass is 10.1. The number of benzene rings is 2. The Kier molecular flexibility index (Phi) is 3.48. The summed E-state index contributed by atoms with van der Waals surface area (Å²) in [5, 5.41) is 10.8. The van der Waals surface area contributed by atoms with Crippen LogP contribution in [0.3, 0.4) is 0 Å². The average molecular weight is 243 g/mol. The van der Waals surface area contributed by atoms with E-state index in [4.69, 9.17) is 0 Å². The third kappa shape index (κ3) is 2.79. The normalized spacial score (nSPS) is 10.7. The minimum Gasteiger partial charge on any atom is -0.258 e. The van der Waals surface area contributed by atoms with E-state index in [1.165, 1.54) is 12.1 Å². The lowest BCUT2D eigenvalue weighted by Crippen LogP contribution is -1.92. The van der Waals surface area contributed by atoms with Crippen LogP contribution in [0.25, 0.3) is 12.2 Å². The first-order chi connectivity index (χ1) is 8.66. The second-order valence-corrected chi connectivity index (χ2v) is 3.70. The van der Waals surface area contributed by atoms with Crippen molar-refractivity contribution in [2.75, 3.05) is 0 Å². The predicted molar refractivity (Wildman–Crippen MR) is 68.4 cm³/mol. The largest absolute Gasteiger partial charge is 0.279 e. The first-order valence-electron chi connectivity index (χ1n) is 5.34. The molecule has 0 aliphatic carbocycles. The van der Waals surface area contributed by atoms with Gasteiger partial charge in [0.1, 0.15) is 5.82 Å². The van der Waals surface area contributed by atoms with Gasteiger partial charge < -0.3 is 0 Å². The summed E-state index contributed by atoms with van der Waals surface area (Å²) in [4.78, 5) is 10.2. The molecule has 0 N–H and O–H groups in total. The Morgan fingerprint density at radius 2 is 1.78 bits per heavy atom. The van der Waals surface area contributed by atoms with E-state index in [0.717, 1.165) is 11.6 Å². The van der Waals surface area contributed by atoms with Crippen LogP contribution in [0.1, 0.15) is 11.1 Å². The third-order valence-electron chi connectivity index (χ3n) is 2.44. The number of hydrogen-bond donors (Lipinski definition) is 0. The third-order valence-corrected chi connectivity index (χ3v) is 2.44. The van der Waals surface area contributed by atoms with E-state index in [2.05, 4.69) is 0 Å². The second kappa shape index (κ2) is 5.23. The van der Waals surface area contributed by atoms with Crippen molar-refractivity contribution in [3.63, 3.8) is 0 Å². The van der Waals surface area contributed by atoms with Gasteiger partial charge in [0.2, 0.25) is 0 Å². The molecule has 2 aromatic carbocycles. The Morgan fingerprint density at radius 1 is 1.06 bits per heavy atom. The van der Waals surface area contributed by atoms with E-state index in [9.17, 15) is 14.5 Å². The van der Waals surface area contributed by atoms with Crippen molar-refractivity contribution in [3.05, 3.63) is 75.6 Å². The summed E-state index contributed by atoms with van der Waals surface area (Å²) < 4.78 is 12.9. The van der Waals surface area contributed by atoms with Crippen molar-refractivity contribution < 1.29 is 9.31 Å². The Morgan fingerprint density at radius 3 is 2.44 bits per heavy atom. The molecule has 90 valence electrons. The molecule has 2 rings (SSSR count). The van der Waals surface area contributed by atoms with Crippen LogP contribution in [0.2, 0.25) is 0 Å². The summed E-state index contributed by atoms with van der Waals surface area (Å²) in [6.07, 6.45) is 3.35. The number of hydrogen-bond acceptors (Lipinski definition) is 2. The minimum absolute atomic E-state index is 0.234. The van der Waals surface area contributed by atoms with E-state index < -0.39 is 10.7 Å². The van der Waals surface area contributed by atoms with Crippen LogP contribution in [0.5, 0.6) is 0 Å². The van der Waals surface area contributed by atoms with Gasteiger partial charge in [0, 0.05) is 0 Å². The van der Waals surface area contributed by atoms with Gasteiger partial charge in [-0.3, -0.25) is 10.1 Å². The summed E-state index contributed by atoms with van der Waals surface area (Å²) in [6.45, 7) is 0. The topological polar surface area (TPSA) is 43.1 Å². The van der Waals surface area contributed by atoms with Crippen LogP contribution in [-0.4, -0.2) is 4.92 Å². The van der Waals surface area contributed by atoms with Crippen molar-refractivity contribution in [2.45, 2.75) is 0 Å². The minimum atomic E-state index is -0.612. The fourth-order valence-corrected chi connectivity index (χ4v) is 1.57. The van der Waals surface area contributed by atoms with Crippen molar-refractivity contribution in [1.82, 2.24) is 0 Å². The molecule has 0 aromatic heterocycles. The Hall–Kier alpha value is -2.49. The molecule has 0 aliphatic heterocycles. The van der Waals surface area contributed by atoms with Gasteiger partial charge in [-0.2, -0.15) is 0 Å². The summed E-state index contributed by atoms with van der Waals surface area (Å²) in [5.74, 6) is -0.612. The lowest BCUT2D eigenvalue weighted by Gasteiger charge is -1.98. The van der Waals surface area contributed by atoms with Crippen molar-refractivity contribution in [3.8, 4) is 0 Å². The molecule has 0 amide bonds. The van der Waals surface area contributed by atoms with E-state index >= 15 is 0 Å². The summed E-state index contributed by atoms with van der Waals surface area (Å²) in [6, 6.07) is 12.9. The molecule has 0 aliphatic rings. The zero-order valence-electron chi connectivity index (χ0n) is 9.42. The van der Waals surface area contributed by atoms with Crippen LogP contribution < -0.4 is 0 Å². The van der Waals surface area contributed by atoms with Crippen LogP contribution >= 0.6 is 0 Å². The van der Waals surface area contributed by atoms with Gasteiger partial charge >= 0.3 is 0 Å². The molecule has 0 atom stereocenters. The molecule has 0 saturated carbocycles. The maximum absolute atomic E-state index is 12.9. The lowest BCUT2D eigenvalue weighted by molar-refractivity contribution is -0.385. The standard InChI is InChI=1S/C14H10FNO2/c15-13-9-8-12(14(10-13)16(17)18)7-6-11-4-2-1-3-5-11/h1-10H/b7-6+. The highest BCUT2D eigenvalue weighted by atomic mass is 19.1. The monoisotopic (exact) mass is 243 g/mol. The molecular weight excluding hydrogens is 233 g/mol. The highest BCUT2D eigenvalue weighted by Gasteiger charge is 2.12. The number of rotatable bonds is 3. The quantitative estimate of drug-likeness (QED) is 0.466. The van der Waals surface area contributed by atoms with Crippen molar-refractivity contribution in [2.24, 2.45) is 0 Å². The Labute approximate surface area is 103 Å². The van der Waals surface area contributed by atoms with Crippen LogP contribution in [0, 0.1) is 15.9 Å². The van der Waals surface area contributed by atoms with Gasteiger partial charge in [0.25, 0.3) is 5.69 Å². The first kappa shape index (κ1) is 12.0. The van der Waals surface area contributed by atoms with Crippen LogP contribution in [0.4, 0.5) is 10.1 Å². The van der Waals surface area contributed by atoms with E-state index in [1.807, 2.05) is 30.3 Å². The fraction of sp³-hybridized carbons (Fsp3) is 0. The van der Waals surface area contributed by atoms with E-state index in [-0.39, 0.29) is 5.69 Å². The molecule has 0 unspecified atom stereocenters. The molecule has 2 aromatic rings. The van der Waals surface area contributed by atoms with Crippen molar-refractivity contribution >= 4 is 17.8 Å². The molecule has 18 heavy (non-hydrogen) atoms. The predicted octanol–water partition coefficient (Wildman–Crippen LogP) is 3.90. The van der Waals surface area contributed by atoms with Gasteiger partial charge in [-0.05, 0) is 23.8 Å². The maximum Gasteiger partial charge on any atom is 0.279 e. The number of halogens is 1. The van der Waals surface area contributed by atoms with Crippen molar-refractivity contribution in [1.29, 1.82) is 0 Å². The van der Waals surface area contributed by atoms with E-state index in [0.29, 0.717) is 5.56 Å². The van der Waals surface area contributed by atoms with Crippen LogP contribution in [0.15, 0.2) is 48.5 Å². The number of nitrogens with zero attached hydrogens (tertiary/aromatic N) is 1. The van der Waals surface area contributed by atoms with Gasteiger partial charge in [-0.1, -0.05) is 36.4 Å². The summed E-state index contributed by atoms with van der Waals surface area (Å²) >= 11 is 0. The Bertz CT molecular complexity index is 594. The molecule has 0 saturated heterocycles. The maximum atomic E-state index is 12.9. The molecular formula is C14H10FNO2. The highest BCUT2D eigenvalue weighted by molar-refractivity contribution is 5.74. The van der Waals surface area contributed by atoms with Gasteiger partial charge in [0.15, 0.2) is 0 Å². The molecule has 0 heterocycles. The molecule has 0 bridgehead atoms. The van der Waals surface area contributed by atoms with Gasteiger partial charge in [0.05, 0.1) is 16.6 Å². The highest BCUT2D eigenvalue weighted by Crippen LogP contribution is 2.22. The second-order valence-electron chi connectivity index (χ2n) is 3.70. The van der Waals surface area contributed by atoms with Gasteiger partial charge in [-0.25, -0.2) is 4.39 Å². The zero-order valence-corrected chi connectivity index (χ0v) is 9.42. The van der Waals surface area contributed by atoms with Gasteiger partial charge in [-0.15, -0.1) is 0 Å². The number of nitro groups is 1. The Balaban J connectivity index is 2.35. The molecule has 4 heteroatoms. The SMILES string of the molecule is O=[N+]([O-])c1cc(F)ccc1/C=C/c1ccccc1. The number of nitro benzene ring substituents is 1. The fourth-order valence-electron chi connectivity index (χ4n) is 1.57. The molecule has 0 radical (unpaired) electrons. The molecule has 0 spiro atoms. The van der Waals surface area contributed by atoms with Crippen LogP contribution in [-0.2, 0) is 0 Å². The molecule has 0 fully saturated rings. The van der Waals surface area contributed by atoms with E-state index in [1.54, 1.807) is 12.2 Å². The average Bonchev–Trinajstić information content (AvgIpc) is 2.38.